The first-order valence-corrected chi connectivity index (χ1v) is 10.0. The van der Waals surface area contributed by atoms with E-state index >= 15 is 0 Å². The summed E-state index contributed by atoms with van der Waals surface area (Å²) in [4.78, 5) is 0. The number of halogens is 5. The average molecular weight is 396 g/mol. The maximum atomic E-state index is 14.7. The number of benzene rings is 2. The first kappa shape index (κ1) is 20.8. The van der Waals surface area contributed by atoms with Crippen molar-refractivity contribution in [1.82, 2.24) is 0 Å². The molecule has 0 N–H and O–H groups in total. The van der Waals surface area contributed by atoms with Gasteiger partial charge < -0.3 is 0 Å². The summed E-state index contributed by atoms with van der Waals surface area (Å²) in [5.74, 6) is -5.07. The maximum Gasteiger partial charge on any atom is 0.194 e. The van der Waals surface area contributed by atoms with Gasteiger partial charge in [0.1, 0.15) is 0 Å². The second kappa shape index (κ2) is 9.06. The molecule has 1 aliphatic carbocycles. The van der Waals surface area contributed by atoms with E-state index in [0.717, 1.165) is 44.2 Å². The number of hydrogen-bond acceptors (Lipinski definition) is 0. The first-order valence-electron chi connectivity index (χ1n) is 10.0. The van der Waals surface area contributed by atoms with E-state index < -0.39 is 29.1 Å². The molecule has 0 aromatic heterocycles. The van der Waals surface area contributed by atoms with E-state index in [9.17, 15) is 22.0 Å². The lowest BCUT2D eigenvalue weighted by molar-refractivity contribution is 0.302. The second-order valence-electron chi connectivity index (χ2n) is 7.82. The van der Waals surface area contributed by atoms with Crippen molar-refractivity contribution >= 4 is 0 Å². The molecular formula is C23H25F5. The van der Waals surface area contributed by atoms with Crippen LogP contribution < -0.4 is 0 Å². The summed E-state index contributed by atoms with van der Waals surface area (Å²) in [7, 11) is 0. The van der Waals surface area contributed by atoms with E-state index in [2.05, 4.69) is 6.92 Å². The zero-order valence-electron chi connectivity index (χ0n) is 16.0. The Bertz CT molecular complexity index is 799. The van der Waals surface area contributed by atoms with Gasteiger partial charge in [-0.15, -0.1) is 0 Å². The molecule has 1 aliphatic rings. The molecule has 0 nitrogen and oxygen atoms in total. The fraction of sp³-hybridized carbons (Fsp3) is 0.478. The zero-order valence-corrected chi connectivity index (χ0v) is 16.0. The summed E-state index contributed by atoms with van der Waals surface area (Å²) >= 11 is 0. The van der Waals surface area contributed by atoms with Gasteiger partial charge in [-0.3, -0.25) is 0 Å². The third kappa shape index (κ3) is 4.56. The molecule has 5 heteroatoms. The molecule has 0 unspecified atom stereocenters. The normalized spacial score (nSPS) is 19.8. The maximum absolute atomic E-state index is 14.7. The second-order valence-corrected chi connectivity index (χ2v) is 7.82. The molecule has 2 aromatic rings. The molecule has 0 radical (unpaired) electrons. The van der Waals surface area contributed by atoms with E-state index in [-0.39, 0.29) is 29.9 Å². The fourth-order valence-corrected chi connectivity index (χ4v) is 4.31. The van der Waals surface area contributed by atoms with E-state index in [1.807, 2.05) is 0 Å². The molecule has 0 amide bonds. The Labute approximate surface area is 162 Å². The lowest BCUT2D eigenvalue weighted by atomic mass is 9.77. The minimum absolute atomic E-state index is 0.0388. The predicted octanol–water partition coefficient (Wildman–Crippen LogP) is 7.24. The van der Waals surface area contributed by atoms with Crippen LogP contribution in [0.25, 0.3) is 0 Å². The van der Waals surface area contributed by atoms with E-state index in [1.165, 1.54) is 6.42 Å². The van der Waals surface area contributed by atoms with Gasteiger partial charge in [0, 0.05) is 0 Å². The smallest absolute Gasteiger partial charge is 0.194 e. The highest BCUT2D eigenvalue weighted by Gasteiger charge is 2.26. The van der Waals surface area contributed by atoms with Crippen LogP contribution in [-0.4, -0.2) is 0 Å². The summed E-state index contributed by atoms with van der Waals surface area (Å²) in [6, 6.07) is 4.97. The standard InChI is InChI=1S/C23H25F5/c1-2-3-14-4-7-16(8-5-14)18-11-10-17(21(26)22(18)27)9-6-15-12-19(24)23(28)20(25)13-15/h10-14,16H,2-9H2,1H3. The molecule has 2 aromatic carbocycles. The predicted molar refractivity (Wildman–Crippen MR) is 99.7 cm³/mol. The molecular weight excluding hydrogens is 371 g/mol. The molecule has 0 aliphatic heterocycles. The summed E-state index contributed by atoms with van der Waals surface area (Å²) in [5, 5.41) is 0. The lowest BCUT2D eigenvalue weighted by Crippen LogP contribution is -2.15. The van der Waals surface area contributed by atoms with Gasteiger partial charge in [0.15, 0.2) is 29.1 Å². The molecule has 28 heavy (non-hydrogen) atoms. The minimum Gasteiger partial charge on any atom is -0.204 e. The molecule has 0 bridgehead atoms. The molecule has 152 valence electrons. The van der Waals surface area contributed by atoms with Crippen LogP contribution in [0.2, 0.25) is 0 Å². The van der Waals surface area contributed by atoms with Gasteiger partial charge in [0.25, 0.3) is 0 Å². The Balaban J connectivity index is 1.69. The average Bonchev–Trinajstić information content (AvgIpc) is 2.68. The van der Waals surface area contributed by atoms with Crippen molar-refractivity contribution in [1.29, 1.82) is 0 Å². The van der Waals surface area contributed by atoms with Crippen LogP contribution in [0.1, 0.15) is 68.1 Å². The van der Waals surface area contributed by atoms with Crippen molar-refractivity contribution in [2.75, 3.05) is 0 Å². The first-order chi connectivity index (χ1) is 13.4. The highest BCUT2D eigenvalue weighted by molar-refractivity contribution is 5.30. The van der Waals surface area contributed by atoms with Crippen LogP contribution in [0.15, 0.2) is 24.3 Å². The molecule has 1 saturated carbocycles. The van der Waals surface area contributed by atoms with Gasteiger partial charge in [-0.25, -0.2) is 22.0 Å². The Kier molecular flexibility index (Phi) is 6.73. The SMILES string of the molecule is CCCC1CCC(c2ccc(CCc3cc(F)c(F)c(F)c3)c(F)c2F)CC1. The van der Waals surface area contributed by atoms with E-state index in [4.69, 9.17) is 0 Å². The highest BCUT2D eigenvalue weighted by Crippen LogP contribution is 2.39. The van der Waals surface area contributed by atoms with E-state index in [0.29, 0.717) is 11.5 Å². The van der Waals surface area contributed by atoms with Crippen molar-refractivity contribution in [2.24, 2.45) is 5.92 Å². The van der Waals surface area contributed by atoms with Gasteiger partial charge in [-0.05, 0) is 79.2 Å². The molecule has 0 atom stereocenters. The Morgan fingerprint density at radius 2 is 1.43 bits per heavy atom. The van der Waals surface area contributed by atoms with Crippen LogP contribution in [0, 0.1) is 35.0 Å². The molecule has 0 heterocycles. The van der Waals surface area contributed by atoms with Crippen LogP contribution in [-0.2, 0) is 12.8 Å². The Morgan fingerprint density at radius 3 is 2.04 bits per heavy atom. The monoisotopic (exact) mass is 396 g/mol. The van der Waals surface area contributed by atoms with Gasteiger partial charge in [0.05, 0.1) is 0 Å². The minimum atomic E-state index is -1.53. The number of hydrogen-bond donors (Lipinski definition) is 0. The highest BCUT2D eigenvalue weighted by atomic mass is 19.2. The van der Waals surface area contributed by atoms with Crippen molar-refractivity contribution < 1.29 is 22.0 Å². The third-order valence-electron chi connectivity index (χ3n) is 5.90. The van der Waals surface area contributed by atoms with Gasteiger partial charge in [0.2, 0.25) is 0 Å². The molecule has 0 saturated heterocycles. The van der Waals surface area contributed by atoms with Crippen LogP contribution in [0.3, 0.4) is 0 Å². The summed E-state index contributed by atoms with van der Waals surface area (Å²) in [5.41, 5.74) is 0.788. The number of aryl methyl sites for hydroxylation is 2. The Morgan fingerprint density at radius 1 is 0.786 bits per heavy atom. The van der Waals surface area contributed by atoms with Crippen molar-refractivity contribution in [3.8, 4) is 0 Å². The van der Waals surface area contributed by atoms with E-state index in [1.54, 1.807) is 12.1 Å². The summed E-state index contributed by atoms with van der Waals surface area (Å²) in [6.07, 6.45) is 6.33. The van der Waals surface area contributed by atoms with Crippen LogP contribution >= 0.6 is 0 Å². The molecule has 0 spiro atoms. The summed E-state index contributed by atoms with van der Waals surface area (Å²) in [6.45, 7) is 2.16. The van der Waals surface area contributed by atoms with Crippen LogP contribution in [0.4, 0.5) is 22.0 Å². The van der Waals surface area contributed by atoms with Gasteiger partial charge >= 0.3 is 0 Å². The quantitative estimate of drug-likeness (QED) is 0.357. The van der Waals surface area contributed by atoms with Gasteiger partial charge in [-0.1, -0.05) is 31.9 Å². The third-order valence-corrected chi connectivity index (χ3v) is 5.90. The fourth-order valence-electron chi connectivity index (χ4n) is 4.31. The van der Waals surface area contributed by atoms with Crippen molar-refractivity contribution in [2.45, 2.75) is 64.2 Å². The van der Waals surface area contributed by atoms with Gasteiger partial charge in [-0.2, -0.15) is 0 Å². The topological polar surface area (TPSA) is 0 Å². The van der Waals surface area contributed by atoms with Crippen LogP contribution in [0.5, 0.6) is 0 Å². The largest absolute Gasteiger partial charge is 0.204 e. The van der Waals surface area contributed by atoms with Crippen molar-refractivity contribution in [3.05, 3.63) is 70.0 Å². The lowest BCUT2D eigenvalue weighted by Gasteiger charge is -2.29. The summed E-state index contributed by atoms with van der Waals surface area (Å²) < 4.78 is 68.8. The van der Waals surface area contributed by atoms with Crippen molar-refractivity contribution in [3.63, 3.8) is 0 Å². The zero-order chi connectivity index (χ0) is 20.3. The Hall–Kier alpha value is -1.91. The molecule has 3 rings (SSSR count). The number of rotatable bonds is 6. The molecule has 1 fully saturated rings.